The molecule has 0 aliphatic carbocycles. The number of hydrogen-bond donors (Lipinski definition) is 10. The average Bonchev–Trinajstić information content (AvgIpc) is 3.64. The molecule has 0 aromatic heterocycles. The summed E-state index contributed by atoms with van der Waals surface area (Å²) in [5.74, 6) is -0.301. The van der Waals surface area contributed by atoms with E-state index >= 15 is 0 Å². The maximum atomic E-state index is 13.2. The van der Waals surface area contributed by atoms with Gasteiger partial charge in [0, 0.05) is 6.66 Å². The van der Waals surface area contributed by atoms with Gasteiger partial charge in [0.05, 0.1) is 224 Å². The molecule has 0 radical (unpaired) electrons. The summed E-state index contributed by atoms with van der Waals surface area (Å²) >= 11 is 0. The first-order valence-corrected chi connectivity index (χ1v) is 39.3. The van der Waals surface area contributed by atoms with Crippen molar-refractivity contribution in [2.75, 3.05) is 258 Å². The molecule has 0 aliphatic heterocycles. The normalized spacial score (nSPS) is 17.2. The van der Waals surface area contributed by atoms with Crippen molar-refractivity contribution in [2.45, 2.75) is 18.3 Å². The number of aliphatic hydroxyl groups is 1. The molecule has 0 bridgehead atoms. The van der Waals surface area contributed by atoms with Crippen molar-refractivity contribution >= 4 is 68.3 Å². The predicted molar refractivity (Wildman–Crippen MR) is 317 cm³/mol. The SMILES string of the molecule is CNCOCC(COP(=O)(O)OCCOCCOCCOCCOCCOCCOP(=O)(O)OCSSCO)OP(=O)(O)OCC(COCNC)OP(=O)(O)OCC(COCNC)OP(=O)(O)OCCOCCOCCOCCOCCOCCOP(C)(=O)O. The fourth-order valence-corrected chi connectivity index (χ4v) is 11.4. The first kappa shape index (κ1) is 90.7. The smallest absolute Gasteiger partial charge is 0.385 e. The maximum absolute atomic E-state index is 13.2. The minimum absolute atomic E-state index is 0.0102. The fourth-order valence-electron chi connectivity index (χ4n) is 5.49. The van der Waals surface area contributed by atoms with Crippen LogP contribution in [0.5, 0.6) is 0 Å². The molecule has 90 heavy (non-hydrogen) atoms. The second-order valence-corrected chi connectivity index (χ2v) is 28.3. The highest BCUT2D eigenvalue weighted by Gasteiger charge is 2.36. The molecule has 9 atom stereocenters. The van der Waals surface area contributed by atoms with Gasteiger partial charge in [-0.1, -0.05) is 21.6 Å². The molecule has 0 aromatic carbocycles. The highest BCUT2D eigenvalue weighted by atomic mass is 33.1. The highest BCUT2D eigenvalue weighted by Crippen LogP contribution is 2.50. The van der Waals surface area contributed by atoms with Gasteiger partial charge in [-0.2, -0.15) is 0 Å². The Balaban J connectivity index is 4.75. The zero-order chi connectivity index (χ0) is 67.0. The van der Waals surface area contributed by atoms with E-state index in [1.165, 1.54) is 21.1 Å². The quantitative estimate of drug-likeness (QED) is 0.0173. The van der Waals surface area contributed by atoms with E-state index in [2.05, 4.69) is 20.5 Å². The van der Waals surface area contributed by atoms with Gasteiger partial charge in [0.25, 0.3) is 0 Å². The van der Waals surface area contributed by atoms with Gasteiger partial charge >= 0.3 is 46.7 Å². The molecule has 0 amide bonds. The summed E-state index contributed by atoms with van der Waals surface area (Å²) in [5, 5.41) is 16.7. The maximum Gasteiger partial charge on any atom is 0.473 e. The van der Waals surface area contributed by atoms with Gasteiger partial charge in [-0.05, 0) is 21.1 Å². The van der Waals surface area contributed by atoms with Gasteiger partial charge in [0.2, 0.25) is 0 Å². The van der Waals surface area contributed by atoms with Crippen LogP contribution in [0.4, 0.5) is 0 Å². The van der Waals surface area contributed by atoms with Crippen LogP contribution < -0.4 is 16.0 Å². The van der Waals surface area contributed by atoms with E-state index < -0.39 is 118 Å². The molecule has 0 fully saturated rings. The van der Waals surface area contributed by atoms with Crippen LogP contribution in [0.15, 0.2) is 0 Å². The molecule has 9 unspecified atom stereocenters. The average molecular weight is 1480 g/mol. The topological polar surface area (TPSA) is 502 Å². The third-order valence-electron chi connectivity index (χ3n) is 9.15. The summed E-state index contributed by atoms with van der Waals surface area (Å²) in [7, 11) is -21.1. The van der Waals surface area contributed by atoms with Gasteiger partial charge in [0.15, 0.2) is 0 Å². The second-order valence-electron chi connectivity index (χ2n) is 16.9. The molecule has 10 N–H and O–H groups in total. The lowest BCUT2D eigenvalue weighted by molar-refractivity contribution is -0.0338. The van der Waals surface area contributed by atoms with Gasteiger partial charge in [-0.25, -0.2) is 22.8 Å². The minimum atomic E-state index is -5.19. The standard InChI is InChI=1S/C42H95N3O37P6S2/c1-43-35-69-29-40(32-76-84(49,50)73-26-22-66-18-14-62-10-6-60-7-11-63-15-19-67-23-27-74-85(51,52)79-39-90-89-38-46)81-87(55,56)78-34-42(31-71-37-45-3)82-88(57,58)77-33-41(30-70-36-44-2)80-86(53,54)75-28-24-68-20-16-64-12-8-59-5-9-61-13-17-65-21-25-72-83(4,47)48/h40-46H,5-39H2,1-4H3,(H,47,48)(H,49,50)(H,51,52)(H,53,54)(H,55,56)(H,57,58). The first-order valence-electron chi connectivity index (χ1n) is 27.3. The molecule has 0 saturated heterocycles. The molecule has 0 saturated carbocycles. The Kier molecular flexibility index (Phi) is 59.1. The van der Waals surface area contributed by atoms with Crippen LogP contribution in [0.1, 0.15) is 0 Å². The number of nitrogens with one attached hydrogen (secondary N) is 3. The van der Waals surface area contributed by atoms with Crippen molar-refractivity contribution in [1.29, 1.82) is 0 Å². The van der Waals surface area contributed by atoms with Gasteiger partial charge in [-0.15, -0.1) is 0 Å². The summed E-state index contributed by atoms with van der Waals surface area (Å²) in [6.07, 6.45) is -4.70. The molecule has 40 nitrogen and oxygen atoms in total. The van der Waals surface area contributed by atoms with Gasteiger partial charge in [-0.3, -0.25) is 65.8 Å². The molecule has 542 valence electrons. The van der Waals surface area contributed by atoms with E-state index in [-0.39, 0.29) is 158 Å². The Morgan fingerprint density at radius 2 is 0.533 bits per heavy atom. The van der Waals surface area contributed by atoms with Gasteiger partial charge in [0.1, 0.15) is 24.3 Å². The van der Waals surface area contributed by atoms with Crippen molar-refractivity contribution in [3.63, 3.8) is 0 Å². The molecule has 0 spiro atoms. The Morgan fingerprint density at radius 1 is 0.300 bits per heavy atom. The number of hydrogen-bond acceptors (Lipinski definition) is 36. The lowest BCUT2D eigenvalue weighted by Crippen LogP contribution is -2.30. The Labute approximate surface area is 531 Å². The summed E-state index contributed by atoms with van der Waals surface area (Å²) in [6, 6.07) is 0. The van der Waals surface area contributed by atoms with Crippen LogP contribution in [0.2, 0.25) is 0 Å². The van der Waals surface area contributed by atoms with E-state index in [0.717, 1.165) is 28.3 Å². The van der Waals surface area contributed by atoms with Crippen LogP contribution >= 0.6 is 68.3 Å². The lowest BCUT2D eigenvalue weighted by Gasteiger charge is -2.25. The Hall–Kier alpha value is 0.720. The van der Waals surface area contributed by atoms with Crippen LogP contribution in [-0.4, -0.2) is 311 Å². The largest absolute Gasteiger partial charge is 0.473 e. The first-order chi connectivity index (χ1) is 42.9. The second kappa shape index (κ2) is 58.7. The van der Waals surface area contributed by atoms with Crippen LogP contribution in [-0.2, 0) is 139 Å². The molecule has 0 heterocycles. The molecular formula is C42H95N3O37P6S2. The van der Waals surface area contributed by atoms with E-state index in [9.17, 15) is 51.9 Å². The fraction of sp³-hybridized carbons (Fsp3) is 1.00. The molecule has 0 rings (SSSR count). The van der Waals surface area contributed by atoms with Crippen molar-refractivity contribution in [3.8, 4) is 0 Å². The van der Waals surface area contributed by atoms with Crippen molar-refractivity contribution in [2.24, 2.45) is 0 Å². The summed E-state index contributed by atoms with van der Waals surface area (Å²) < 4.78 is 198. The van der Waals surface area contributed by atoms with E-state index in [0.29, 0.717) is 19.8 Å². The zero-order valence-electron chi connectivity index (χ0n) is 50.9. The summed E-state index contributed by atoms with van der Waals surface area (Å²) in [5.41, 5.74) is 0. The zero-order valence-corrected chi connectivity index (χ0v) is 57.9. The van der Waals surface area contributed by atoms with Gasteiger partial charge < -0.3 is 101 Å². The van der Waals surface area contributed by atoms with Crippen molar-refractivity contribution in [3.05, 3.63) is 0 Å². The third kappa shape index (κ3) is 63.5. The van der Waals surface area contributed by atoms with Crippen molar-refractivity contribution in [1.82, 2.24) is 16.0 Å². The summed E-state index contributed by atoms with van der Waals surface area (Å²) in [6.45, 7) is -0.961. The van der Waals surface area contributed by atoms with E-state index in [1.54, 1.807) is 0 Å². The Bertz CT molecular complexity index is 1980. The predicted octanol–water partition coefficient (Wildman–Crippen LogP) is 0.627. The lowest BCUT2D eigenvalue weighted by atomic mass is 10.4. The number of ether oxygens (including phenoxy) is 13. The van der Waals surface area contributed by atoms with Crippen LogP contribution in [0.3, 0.4) is 0 Å². The monoisotopic (exact) mass is 1480 g/mol. The number of phosphoric acid groups is 5. The van der Waals surface area contributed by atoms with Crippen LogP contribution in [0, 0.1) is 0 Å². The molecule has 48 heteroatoms. The number of phosphoric ester groups is 5. The summed E-state index contributed by atoms with van der Waals surface area (Å²) in [4.78, 5) is 60.5. The highest BCUT2D eigenvalue weighted by molar-refractivity contribution is 8.76. The molecule has 0 aromatic rings. The van der Waals surface area contributed by atoms with E-state index in [1.807, 2.05) is 0 Å². The number of aliphatic hydroxyl groups excluding tert-OH is 1. The van der Waals surface area contributed by atoms with Crippen molar-refractivity contribution < 1.29 is 173 Å². The molecular weight excluding hydrogens is 1390 g/mol. The Morgan fingerprint density at radius 3 is 0.800 bits per heavy atom. The molecule has 0 aliphatic rings. The van der Waals surface area contributed by atoms with E-state index in [4.69, 9.17) is 117 Å². The van der Waals surface area contributed by atoms with Crippen LogP contribution in [0.25, 0.3) is 0 Å². The third-order valence-corrected chi connectivity index (χ3v) is 16.7. The number of rotatable bonds is 72. The minimum Gasteiger partial charge on any atom is -0.385 e.